The van der Waals surface area contributed by atoms with E-state index in [0.717, 1.165) is 56.4 Å². The van der Waals surface area contributed by atoms with Crippen LogP contribution in [0.15, 0.2) is 24.3 Å². The number of hydrogen-bond acceptors (Lipinski definition) is 6. The lowest BCUT2D eigenvalue weighted by molar-refractivity contribution is -0.140. The standard InChI is InChI=1S/C20H26N4O2S/c1-15-2-4-16(5-3-15)14-18-21-20(27-22-18)24-8-6-17(7-9-24)19(25)23-10-12-26-13-11-23/h2-5,17H,6-14H2,1H3. The van der Waals surface area contributed by atoms with Crippen LogP contribution in [-0.4, -0.2) is 59.6 Å². The van der Waals surface area contributed by atoms with Crippen molar-refractivity contribution in [2.45, 2.75) is 26.2 Å². The van der Waals surface area contributed by atoms with E-state index in [1.54, 1.807) is 0 Å². The van der Waals surface area contributed by atoms with Crippen LogP contribution >= 0.6 is 11.5 Å². The monoisotopic (exact) mass is 386 g/mol. The van der Waals surface area contributed by atoms with Crippen LogP contribution in [0.1, 0.15) is 29.8 Å². The SMILES string of the molecule is Cc1ccc(Cc2nsc(N3CCC(C(=O)N4CCOCC4)CC3)n2)cc1. The summed E-state index contributed by atoms with van der Waals surface area (Å²) in [7, 11) is 0. The minimum atomic E-state index is 0.138. The molecule has 27 heavy (non-hydrogen) atoms. The maximum Gasteiger partial charge on any atom is 0.225 e. The second-order valence-corrected chi connectivity index (χ2v) is 8.08. The van der Waals surface area contributed by atoms with Crippen LogP contribution in [0.2, 0.25) is 0 Å². The third-order valence-corrected chi connectivity index (χ3v) is 6.19. The van der Waals surface area contributed by atoms with Gasteiger partial charge in [0.1, 0.15) is 5.82 Å². The molecule has 3 heterocycles. The molecule has 1 amide bonds. The van der Waals surface area contributed by atoms with Crippen molar-refractivity contribution in [2.75, 3.05) is 44.3 Å². The molecule has 0 bridgehead atoms. The molecule has 0 unspecified atom stereocenters. The van der Waals surface area contributed by atoms with Gasteiger partial charge in [0.25, 0.3) is 0 Å². The van der Waals surface area contributed by atoms with Gasteiger partial charge in [-0.15, -0.1) is 0 Å². The minimum Gasteiger partial charge on any atom is -0.378 e. The molecule has 0 spiro atoms. The van der Waals surface area contributed by atoms with E-state index in [9.17, 15) is 4.79 Å². The van der Waals surface area contributed by atoms with Gasteiger partial charge in [0, 0.05) is 50.1 Å². The summed E-state index contributed by atoms with van der Waals surface area (Å²) in [5.41, 5.74) is 2.50. The van der Waals surface area contributed by atoms with Gasteiger partial charge in [-0.3, -0.25) is 4.79 Å². The van der Waals surface area contributed by atoms with Crippen molar-refractivity contribution in [2.24, 2.45) is 5.92 Å². The zero-order valence-corrected chi connectivity index (χ0v) is 16.6. The van der Waals surface area contributed by atoms with Crippen molar-refractivity contribution in [1.82, 2.24) is 14.3 Å². The van der Waals surface area contributed by atoms with E-state index in [2.05, 4.69) is 40.5 Å². The molecule has 7 heteroatoms. The number of ether oxygens (including phenoxy) is 1. The smallest absolute Gasteiger partial charge is 0.225 e. The number of rotatable bonds is 4. The molecule has 2 aliphatic heterocycles. The van der Waals surface area contributed by atoms with Crippen LogP contribution in [0.5, 0.6) is 0 Å². The summed E-state index contributed by atoms with van der Waals surface area (Å²) in [4.78, 5) is 21.6. The zero-order valence-electron chi connectivity index (χ0n) is 15.8. The highest BCUT2D eigenvalue weighted by Gasteiger charge is 2.30. The van der Waals surface area contributed by atoms with E-state index in [4.69, 9.17) is 9.72 Å². The number of morpholine rings is 1. The van der Waals surface area contributed by atoms with Gasteiger partial charge >= 0.3 is 0 Å². The van der Waals surface area contributed by atoms with Gasteiger partial charge in [-0.1, -0.05) is 29.8 Å². The lowest BCUT2D eigenvalue weighted by Crippen LogP contribution is -2.46. The number of carbonyl (C=O) groups is 1. The van der Waals surface area contributed by atoms with E-state index in [0.29, 0.717) is 19.1 Å². The van der Waals surface area contributed by atoms with Gasteiger partial charge in [-0.2, -0.15) is 4.37 Å². The van der Waals surface area contributed by atoms with Crippen molar-refractivity contribution in [1.29, 1.82) is 0 Å². The molecule has 0 saturated carbocycles. The number of anilines is 1. The second kappa shape index (κ2) is 8.35. The average Bonchev–Trinajstić information content (AvgIpc) is 3.18. The van der Waals surface area contributed by atoms with Crippen LogP contribution in [-0.2, 0) is 16.0 Å². The molecule has 0 N–H and O–H groups in total. The van der Waals surface area contributed by atoms with Gasteiger partial charge in [0.2, 0.25) is 11.0 Å². The number of piperidine rings is 1. The maximum absolute atomic E-state index is 12.7. The first kappa shape index (κ1) is 18.4. The van der Waals surface area contributed by atoms with Crippen molar-refractivity contribution < 1.29 is 9.53 Å². The molecule has 4 rings (SSSR count). The third-order valence-electron chi connectivity index (χ3n) is 5.38. The summed E-state index contributed by atoms with van der Waals surface area (Å²) in [6.07, 6.45) is 2.55. The molecule has 6 nitrogen and oxygen atoms in total. The summed E-state index contributed by atoms with van der Waals surface area (Å²) in [5.74, 6) is 1.32. The van der Waals surface area contributed by atoms with Crippen molar-refractivity contribution in [3.63, 3.8) is 0 Å². The van der Waals surface area contributed by atoms with E-state index in [1.807, 2.05) is 4.90 Å². The number of benzene rings is 1. The Balaban J connectivity index is 1.31. The number of aryl methyl sites for hydroxylation is 1. The Kier molecular flexibility index (Phi) is 5.69. The summed E-state index contributed by atoms with van der Waals surface area (Å²) in [6, 6.07) is 8.52. The summed E-state index contributed by atoms with van der Waals surface area (Å²) in [6.45, 7) is 6.64. The normalized spacial score (nSPS) is 18.7. The molecule has 1 aromatic heterocycles. The molecule has 0 radical (unpaired) electrons. The van der Waals surface area contributed by atoms with E-state index >= 15 is 0 Å². The molecular formula is C20H26N4O2S. The first-order valence-electron chi connectivity index (χ1n) is 9.68. The van der Waals surface area contributed by atoms with E-state index in [1.165, 1.54) is 22.7 Å². The predicted molar refractivity (Wildman–Crippen MR) is 106 cm³/mol. The van der Waals surface area contributed by atoms with Crippen molar-refractivity contribution in [3.05, 3.63) is 41.2 Å². The molecule has 144 valence electrons. The Bertz CT molecular complexity index is 763. The highest BCUT2D eigenvalue weighted by Crippen LogP contribution is 2.26. The maximum atomic E-state index is 12.7. The first-order chi connectivity index (χ1) is 13.2. The molecule has 2 aromatic rings. The third kappa shape index (κ3) is 4.47. The van der Waals surface area contributed by atoms with Crippen molar-refractivity contribution >= 4 is 22.6 Å². The lowest BCUT2D eigenvalue weighted by atomic mass is 9.95. The van der Waals surface area contributed by atoms with Gasteiger partial charge in [-0.05, 0) is 25.3 Å². The quantitative estimate of drug-likeness (QED) is 0.808. The molecular weight excluding hydrogens is 360 g/mol. The highest BCUT2D eigenvalue weighted by molar-refractivity contribution is 7.09. The van der Waals surface area contributed by atoms with Crippen LogP contribution < -0.4 is 4.90 Å². The van der Waals surface area contributed by atoms with Gasteiger partial charge in [0.15, 0.2) is 0 Å². The summed E-state index contributed by atoms with van der Waals surface area (Å²) in [5, 5.41) is 0.981. The molecule has 1 aromatic carbocycles. The average molecular weight is 387 g/mol. The van der Waals surface area contributed by atoms with Gasteiger partial charge in [0.05, 0.1) is 13.2 Å². The molecule has 2 saturated heterocycles. The van der Waals surface area contributed by atoms with Gasteiger partial charge < -0.3 is 14.5 Å². The highest BCUT2D eigenvalue weighted by atomic mass is 32.1. The fourth-order valence-corrected chi connectivity index (χ4v) is 4.43. The Morgan fingerprint density at radius 3 is 2.56 bits per heavy atom. The van der Waals surface area contributed by atoms with Crippen LogP contribution in [0.25, 0.3) is 0 Å². The molecule has 0 aliphatic carbocycles. The fourth-order valence-electron chi connectivity index (χ4n) is 3.69. The molecule has 2 aliphatic rings. The minimum absolute atomic E-state index is 0.138. The Labute approximate surface area is 164 Å². The zero-order chi connectivity index (χ0) is 18.6. The van der Waals surface area contributed by atoms with Crippen LogP contribution in [0.3, 0.4) is 0 Å². The van der Waals surface area contributed by atoms with E-state index in [-0.39, 0.29) is 5.92 Å². The Hall–Kier alpha value is -1.99. The second-order valence-electron chi connectivity index (χ2n) is 7.35. The number of hydrogen-bond donors (Lipinski definition) is 0. The van der Waals surface area contributed by atoms with Crippen LogP contribution in [0, 0.1) is 12.8 Å². The first-order valence-corrected chi connectivity index (χ1v) is 10.5. The van der Waals surface area contributed by atoms with E-state index < -0.39 is 0 Å². The topological polar surface area (TPSA) is 58.6 Å². The van der Waals surface area contributed by atoms with Crippen molar-refractivity contribution in [3.8, 4) is 0 Å². The number of nitrogens with zero attached hydrogens (tertiary/aromatic N) is 4. The number of aromatic nitrogens is 2. The largest absolute Gasteiger partial charge is 0.378 e. The molecule has 2 fully saturated rings. The lowest BCUT2D eigenvalue weighted by Gasteiger charge is -2.35. The molecule has 0 atom stereocenters. The fraction of sp³-hybridized carbons (Fsp3) is 0.550. The predicted octanol–water partition coefficient (Wildman–Crippen LogP) is 2.51. The van der Waals surface area contributed by atoms with Crippen LogP contribution in [0.4, 0.5) is 5.13 Å². The Morgan fingerprint density at radius 1 is 1.15 bits per heavy atom. The summed E-state index contributed by atoms with van der Waals surface area (Å²) >= 11 is 1.47. The van der Waals surface area contributed by atoms with Gasteiger partial charge in [-0.25, -0.2) is 4.98 Å². The number of carbonyl (C=O) groups excluding carboxylic acids is 1. The summed E-state index contributed by atoms with van der Waals surface area (Å²) < 4.78 is 9.88. The number of amides is 1. The Morgan fingerprint density at radius 2 is 1.85 bits per heavy atom.